The third kappa shape index (κ3) is 3.53. The van der Waals surface area contributed by atoms with Crippen molar-refractivity contribution in [2.24, 2.45) is 0 Å². The van der Waals surface area contributed by atoms with Crippen molar-refractivity contribution in [1.82, 2.24) is 10.3 Å². The Morgan fingerprint density at radius 1 is 1.04 bits per heavy atom. The molecule has 2 aromatic rings. The van der Waals surface area contributed by atoms with E-state index in [1.165, 1.54) is 30.4 Å². The Balaban J connectivity index is 1.46. The van der Waals surface area contributed by atoms with Gasteiger partial charge in [-0.2, -0.15) is 0 Å². The smallest absolute Gasteiger partial charge is 0.248 e. The molecule has 0 aliphatic heterocycles. The SMILES string of the molecule is O=C(Cc1ccc2c(c1)CCCC2)N[C@H]1CCCc2[nH]c(=O)ccc21. The molecule has 25 heavy (non-hydrogen) atoms. The fourth-order valence-corrected chi connectivity index (χ4v) is 4.18. The summed E-state index contributed by atoms with van der Waals surface area (Å²) < 4.78 is 0. The summed E-state index contributed by atoms with van der Waals surface area (Å²) in [4.78, 5) is 26.9. The van der Waals surface area contributed by atoms with E-state index >= 15 is 0 Å². The summed E-state index contributed by atoms with van der Waals surface area (Å²) in [6.07, 6.45) is 8.03. The molecule has 0 bridgehead atoms. The average molecular weight is 336 g/mol. The fraction of sp³-hybridized carbons (Fsp3) is 0.429. The van der Waals surface area contributed by atoms with Gasteiger partial charge in [0, 0.05) is 11.8 Å². The molecule has 0 fully saturated rings. The van der Waals surface area contributed by atoms with Crippen LogP contribution in [0, 0.1) is 0 Å². The topological polar surface area (TPSA) is 62.0 Å². The Kier molecular flexibility index (Phi) is 4.43. The van der Waals surface area contributed by atoms with Gasteiger partial charge in [0.1, 0.15) is 0 Å². The molecule has 1 aromatic carbocycles. The van der Waals surface area contributed by atoms with Gasteiger partial charge in [-0.05, 0) is 73.3 Å². The zero-order chi connectivity index (χ0) is 17.2. The summed E-state index contributed by atoms with van der Waals surface area (Å²) in [5, 5.41) is 3.16. The lowest BCUT2D eigenvalue weighted by Crippen LogP contribution is -2.33. The summed E-state index contributed by atoms with van der Waals surface area (Å²) in [6, 6.07) is 9.91. The lowest BCUT2D eigenvalue weighted by atomic mass is 9.89. The van der Waals surface area contributed by atoms with Crippen molar-refractivity contribution in [2.45, 2.75) is 57.4 Å². The van der Waals surface area contributed by atoms with Crippen LogP contribution in [-0.4, -0.2) is 10.9 Å². The van der Waals surface area contributed by atoms with Gasteiger partial charge in [-0.3, -0.25) is 9.59 Å². The molecule has 1 heterocycles. The number of nitrogens with one attached hydrogen (secondary N) is 2. The Labute approximate surface area is 147 Å². The lowest BCUT2D eigenvalue weighted by Gasteiger charge is -2.26. The first-order chi connectivity index (χ1) is 12.2. The van der Waals surface area contributed by atoms with Crippen LogP contribution in [0.2, 0.25) is 0 Å². The molecular weight excluding hydrogens is 312 g/mol. The molecular formula is C21H24N2O2. The van der Waals surface area contributed by atoms with Crippen molar-refractivity contribution in [3.8, 4) is 0 Å². The highest BCUT2D eigenvalue weighted by atomic mass is 16.1. The van der Waals surface area contributed by atoms with Crippen molar-refractivity contribution < 1.29 is 4.79 Å². The number of hydrogen-bond acceptors (Lipinski definition) is 2. The van der Waals surface area contributed by atoms with Gasteiger partial charge >= 0.3 is 0 Å². The number of pyridine rings is 1. The third-order valence-corrected chi connectivity index (χ3v) is 5.44. The Bertz CT molecular complexity index is 853. The Morgan fingerprint density at radius 2 is 1.88 bits per heavy atom. The first kappa shape index (κ1) is 16.1. The number of rotatable bonds is 3. The van der Waals surface area contributed by atoms with Crippen LogP contribution in [-0.2, 0) is 30.5 Å². The van der Waals surface area contributed by atoms with Crippen LogP contribution in [0.25, 0.3) is 0 Å². The lowest BCUT2D eigenvalue weighted by molar-refractivity contribution is -0.121. The number of aryl methyl sites for hydroxylation is 3. The Hall–Kier alpha value is -2.36. The van der Waals surface area contributed by atoms with Crippen LogP contribution >= 0.6 is 0 Å². The van der Waals surface area contributed by atoms with Crippen LogP contribution in [0.15, 0.2) is 35.1 Å². The van der Waals surface area contributed by atoms with Gasteiger partial charge in [0.2, 0.25) is 11.5 Å². The number of carbonyl (C=O) groups is 1. The maximum Gasteiger partial charge on any atom is 0.248 e. The van der Waals surface area contributed by atoms with E-state index in [4.69, 9.17) is 0 Å². The Morgan fingerprint density at radius 3 is 2.76 bits per heavy atom. The zero-order valence-corrected chi connectivity index (χ0v) is 14.4. The summed E-state index contributed by atoms with van der Waals surface area (Å²) in [6.45, 7) is 0. The van der Waals surface area contributed by atoms with Crippen molar-refractivity contribution in [3.63, 3.8) is 0 Å². The predicted molar refractivity (Wildman–Crippen MR) is 97.7 cm³/mol. The summed E-state index contributed by atoms with van der Waals surface area (Å²) >= 11 is 0. The van der Waals surface area contributed by atoms with E-state index in [1.54, 1.807) is 6.07 Å². The summed E-state index contributed by atoms with van der Waals surface area (Å²) in [7, 11) is 0. The highest BCUT2D eigenvalue weighted by Crippen LogP contribution is 2.28. The number of fused-ring (bicyclic) bond motifs is 2. The second kappa shape index (κ2) is 6.87. The fourth-order valence-electron chi connectivity index (χ4n) is 4.18. The molecule has 4 rings (SSSR count). The number of hydrogen-bond donors (Lipinski definition) is 2. The third-order valence-electron chi connectivity index (χ3n) is 5.44. The van der Waals surface area contributed by atoms with Gasteiger partial charge < -0.3 is 10.3 Å². The molecule has 0 spiro atoms. The van der Waals surface area contributed by atoms with Gasteiger partial charge in [0.15, 0.2) is 0 Å². The molecule has 2 N–H and O–H groups in total. The number of benzene rings is 1. The highest BCUT2D eigenvalue weighted by molar-refractivity contribution is 5.79. The molecule has 0 unspecified atom stereocenters. The molecule has 4 heteroatoms. The van der Waals surface area contributed by atoms with Crippen molar-refractivity contribution in [1.29, 1.82) is 0 Å². The van der Waals surface area contributed by atoms with Crippen LogP contribution in [0.1, 0.15) is 59.7 Å². The van der Waals surface area contributed by atoms with Crippen LogP contribution in [0.4, 0.5) is 0 Å². The molecule has 2 aliphatic carbocycles. The first-order valence-corrected chi connectivity index (χ1v) is 9.31. The molecule has 0 saturated carbocycles. The van der Waals surface area contributed by atoms with Gasteiger partial charge in [0.05, 0.1) is 12.5 Å². The van der Waals surface area contributed by atoms with E-state index in [-0.39, 0.29) is 17.5 Å². The van der Waals surface area contributed by atoms with E-state index < -0.39 is 0 Å². The second-order valence-corrected chi connectivity index (χ2v) is 7.26. The first-order valence-electron chi connectivity index (χ1n) is 9.31. The van der Waals surface area contributed by atoms with E-state index in [9.17, 15) is 9.59 Å². The van der Waals surface area contributed by atoms with Crippen LogP contribution < -0.4 is 10.9 Å². The molecule has 4 nitrogen and oxygen atoms in total. The van der Waals surface area contributed by atoms with Crippen molar-refractivity contribution in [2.75, 3.05) is 0 Å². The second-order valence-electron chi connectivity index (χ2n) is 7.26. The van der Waals surface area contributed by atoms with E-state index in [0.29, 0.717) is 6.42 Å². The van der Waals surface area contributed by atoms with Gasteiger partial charge in [-0.15, -0.1) is 0 Å². The van der Waals surface area contributed by atoms with E-state index in [0.717, 1.165) is 42.5 Å². The summed E-state index contributed by atoms with van der Waals surface area (Å²) in [5.41, 5.74) is 5.91. The highest BCUT2D eigenvalue weighted by Gasteiger charge is 2.22. The number of carbonyl (C=O) groups excluding carboxylic acids is 1. The average Bonchev–Trinajstić information content (AvgIpc) is 2.61. The molecule has 0 saturated heterocycles. The predicted octanol–water partition coefficient (Wildman–Crippen LogP) is 2.99. The van der Waals surface area contributed by atoms with Gasteiger partial charge in [-0.25, -0.2) is 0 Å². The largest absolute Gasteiger partial charge is 0.349 e. The number of aromatic amines is 1. The standard InChI is InChI=1S/C21H24N2O2/c24-20-11-10-17-18(22-20)6-3-7-19(17)23-21(25)13-14-8-9-15-4-1-2-5-16(15)12-14/h8-12,19H,1-7,13H2,(H,22,24)(H,23,25)/t19-/m0/s1. The molecule has 130 valence electrons. The number of aromatic nitrogens is 1. The minimum absolute atomic E-state index is 0.00530. The van der Waals surface area contributed by atoms with Crippen molar-refractivity contribution >= 4 is 5.91 Å². The number of H-pyrrole nitrogens is 1. The quantitative estimate of drug-likeness (QED) is 0.905. The molecule has 0 radical (unpaired) electrons. The van der Waals surface area contributed by atoms with Crippen molar-refractivity contribution in [3.05, 3.63) is 68.6 Å². The van der Waals surface area contributed by atoms with E-state index in [1.807, 2.05) is 6.07 Å². The minimum atomic E-state index is -0.0696. The van der Waals surface area contributed by atoms with Gasteiger partial charge in [0.25, 0.3) is 0 Å². The summed E-state index contributed by atoms with van der Waals surface area (Å²) in [5.74, 6) is 0.0554. The van der Waals surface area contributed by atoms with E-state index in [2.05, 4.69) is 28.5 Å². The monoisotopic (exact) mass is 336 g/mol. The van der Waals surface area contributed by atoms with Gasteiger partial charge in [-0.1, -0.05) is 18.2 Å². The van der Waals surface area contributed by atoms with Crippen LogP contribution in [0.3, 0.4) is 0 Å². The molecule has 1 atom stereocenters. The molecule has 1 amide bonds. The maximum atomic E-state index is 12.5. The molecule has 1 aromatic heterocycles. The van der Waals surface area contributed by atoms with Crippen LogP contribution in [0.5, 0.6) is 0 Å². The zero-order valence-electron chi connectivity index (χ0n) is 14.4. The maximum absolute atomic E-state index is 12.5. The minimum Gasteiger partial charge on any atom is -0.349 e. The molecule has 2 aliphatic rings. The normalized spacial score (nSPS) is 19.0. The number of amides is 1.